The van der Waals surface area contributed by atoms with Crippen LogP contribution in [0.1, 0.15) is 86.5 Å². The topological polar surface area (TPSA) is 105 Å². The molecular weight excluding hydrogens is 510 g/mol. The number of nitrogens with one attached hydrogen (secondary N) is 1. The lowest BCUT2D eigenvalue weighted by atomic mass is 9.84. The highest BCUT2D eigenvalue weighted by atomic mass is 16.6. The summed E-state index contributed by atoms with van der Waals surface area (Å²) in [6, 6.07) is 7.38. The standard InChI is InChI=1S/C31H45N3O6/c1-29(2,3)25(32-24(35)17-21-13-9-7-10-14-21)26(36)34-20-31(18-23(34)27(37)39-30(4,5)6)19-33(28(38)40-31)22-15-11-8-12-16-22/h8,11-12,15-16,21,23,25H,7,9-10,13-14,17-20H2,1-6H3,(H,32,35)/t23?,25-,31?/m1/s1. The Balaban J connectivity index is 1.58. The zero-order valence-corrected chi connectivity index (χ0v) is 24.8. The molecule has 2 heterocycles. The summed E-state index contributed by atoms with van der Waals surface area (Å²) in [7, 11) is 0. The number of ether oxygens (including phenoxy) is 2. The molecule has 40 heavy (non-hydrogen) atoms. The summed E-state index contributed by atoms with van der Waals surface area (Å²) in [5, 5.41) is 3.01. The molecule has 2 aliphatic heterocycles. The second-order valence-corrected chi connectivity index (χ2v) is 13.8. The lowest BCUT2D eigenvalue weighted by Crippen LogP contribution is -2.57. The number of likely N-dealkylation sites (tertiary alicyclic amines) is 1. The van der Waals surface area contributed by atoms with Gasteiger partial charge in [-0.1, -0.05) is 58.2 Å². The molecule has 1 spiro atoms. The van der Waals surface area contributed by atoms with E-state index in [1.165, 1.54) is 16.2 Å². The highest BCUT2D eigenvalue weighted by Crippen LogP contribution is 2.40. The Morgan fingerprint density at radius 2 is 1.68 bits per heavy atom. The van der Waals surface area contributed by atoms with Gasteiger partial charge in [0, 0.05) is 18.5 Å². The number of nitrogens with zero attached hydrogens (tertiary/aromatic N) is 2. The third kappa shape index (κ3) is 6.96. The molecule has 3 aliphatic rings. The van der Waals surface area contributed by atoms with E-state index in [4.69, 9.17) is 9.47 Å². The lowest BCUT2D eigenvalue weighted by molar-refractivity contribution is -0.164. The van der Waals surface area contributed by atoms with E-state index in [1.54, 1.807) is 20.8 Å². The van der Waals surface area contributed by atoms with Gasteiger partial charge in [-0.2, -0.15) is 0 Å². The van der Waals surface area contributed by atoms with Crippen molar-refractivity contribution >= 4 is 29.6 Å². The van der Waals surface area contributed by atoms with Crippen LogP contribution in [0.4, 0.5) is 10.5 Å². The van der Waals surface area contributed by atoms with Gasteiger partial charge in [-0.25, -0.2) is 9.59 Å². The third-order valence-corrected chi connectivity index (χ3v) is 8.02. The summed E-state index contributed by atoms with van der Waals surface area (Å²) in [5.74, 6) is -0.735. The van der Waals surface area contributed by atoms with Crippen LogP contribution in [0.2, 0.25) is 0 Å². The SMILES string of the molecule is CC(C)(C)OC(=O)C1CC2(CN(c3ccccc3)C(=O)O2)CN1C(=O)[C@@H](NC(=O)CC1CCCCC1)C(C)(C)C. The molecule has 220 valence electrons. The van der Waals surface area contributed by atoms with Gasteiger partial charge in [0.05, 0.1) is 13.1 Å². The second kappa shape index (κ2) is 11.4. The van der Waals surface area contributed by atoms with Gasteiger partial charge in [0.25, 0.3) is 0 Å². The molecule has 0 radical (unpaired) electrons. The third-order valence-electron chi connectivity index (χ3n) is 8.02. The van der Waals surface area contributed by atoms with Crippen molar-refractivity contribution in [1.82, 2.24) is 10.2 Å². The lowest BCUT2D eigenvalue weighted by Gasteiger charge is -2.36. The first-order valence-electron chi connectivity index (χ1n) is 14.6. The molecular formula is C31H45N3O6. The van der Waals surface area contributed by atoms with Crippen LogP contribution in [0.5, 0.6) is 0 Å². The quantitative estimate of drug-likeness (QED) is 0.505. The molecule has 3 amide bonds. The van der Waals surface area contributed by atoms with Crippen molar-refractivity contribution in [1.29, 1.82) is 0 Å². The molecule has 2 unspecified atom stereocenters. The van der Waals surface area contributed by atoms with E-state index in [9.17, 15) is 19.2 Å². The molecule has 1 N–H and O–H groups in total. The summed E-state index contributed by atoms with van der Waals surface area (Å²) < 4.78 is 11.6. The van der Waals surface area contributed by atoms with Crippen LogP contribution in [0.3, 0.4) is 0 Å². The zero-order valence-electron chi connectivity index (χ0n) is 24.8. The molecule has 0 bridgehead atoms. The Hall–Kier alpha value is -3.10. The number of esters is 1. The summed E-state index contributed by atoms with van der Waals surface area (Å²) in [6.07, 6.45) is 5.52. The van der Waals surface area contributed by atoms with Gasteiger partial charge in [0.1, 0.15) is 17.7 Å². The van der Waals surface area contributed by atoms with E-state index >= 15 is 0 Å². The highest BCUT2D eigenvalue weighted by Gasteiger charge is 2.58. The van der Waals surface area contributed by atoms with Gasteiger partial charge in [0.15, 0.2) is 5.60 Å². The van der Waals surface area contributed by atoms with Crippen molar-refractivity contribution in [3.05, 3.63) is 30.3 Å². The highest BCUT2D eigenvalue weighted by molar-refractivity contribution is 5.94. The molecule has 4 rings (SSSR count). The molecule has 9 heteroatoms. The van der Waals surface area contributed by atoms with Gasteiger partial charge in [-0.05, 0) is 57.1 Å². The summed E-state index contributed by atoms with van der Waals surface area (Å²) in [6.45, 7) is 11.3. The van der Waals surface area contributed by atoms with Crippen molar-refractivity contribution in [2.24, 2.45) is 11.3 Å². The Labute approximate surface area is 237 Å². The van der Waals surface area contributed by atoms with Gasteiger partial charge < -0.3 is 19.7 Å². The van der Waals surface area contributed by atoms with Crippen LogP contribution in [0.25, 0.3) is 0 Å². The first kappa shape index (κ1) is 29.9. The van der Waals surface area contributed by atoms with Crippen LogP contribution < -0.4 is 10.2 Å². The Bertz CT molecular complexity index is 1100. The molecule has 1 aliphatic carbocycles. The number of carbonyl (C=O) groups is 4. The van der Waals surface area contributed by atoms with Crippen molar-refractivity contribution in [3.8, 4) is 0 Å². The predicted molar refractivity (Wildman–Crippen MR) is 152 cm³/mol. The number of carbonyl (C=O) groups excluding carboxylic acids is 4. The van der Waals surface area contributed by atoms with E-state index in [2.05, 4.69) is 5.32 Å². The summed E-state index contributed by atoms with van der Waals surface area (Å²) in [4.78, 5) is 56.8. The molecule has 3 fully saturated rings. The molecule has 9 nitrogen and oxygen atoms in total. The smallest absolute Gasteiger partial charge is 0.415 e. The average molecular weight is 556 g/mol. The van der Waals surface area contributed by atoms with E-state index in [0.717, 1.165) is 25.7 Å². The van der Waals surface area contributed by atoms with Crippen molar-refractivity contribution in [2.45, 2.75) is 110 Å². The minimum Gasteiger partial charge on any atom is -0.458 e. The minimum absolute atomic E-state index is 0.0376. The van der Waals surface area contributed by atoms with E-state index in [-0.39, 0.29) is 31.3 Å². The number of hydrogen-bond acceptors (Lipinski definition) is 6. The van der Waals surface area contributed by atoms with E-state index in [0.29, 0.717) is 18.0 Å². The largest absolute Gasteiger partial charge is 0.458 e. The average Bonchev–Trinajstić information content (AvgIpc) is 3.40. The van der Waals surface area contributed by atoms with Crippen molar-refractivity contribution in [2.75, 3.05) is 18.0 Å². The Kier molecular flexibility index (Phi) is 8.52. The maximum Gasteiger partial charge on any atom is 0.415 e. The molecule has 0 aromatic heterocycles. The van der Waals surface area contributed by atoms with Gasteiger partial charge in [-0.15, -0.1) is 0 Å². The van der Waals surface area contributed by atoms with Crippen LogP contribution >= 0.6 is 0 Å². The predicted octanol–water partition coefficient (Wildman–Crippen LogP) is 4.83. The Morgan fingerprint density at radius 1 is 1.02 bits per heavy atom. The van der Waals surface area contributed by atoms with Crippen molar-refractivity contribution < 1.29 is 28.7 Å². The van der Waals surface area contributed by atoms with Crippen LogP contribution in [-0.4, -0.2) is 65.2 Å². The fourth-order valence-electron chi connectivity index (χ4n) is 6.07. The number of hydrogen-bond donors (Lipinski definition) is 1. The molecule has 1 saturated carbocycles. The molecule has 1 aromatic carbocycles. The first-order chi connectivity index (χ1) is 18.7. The van der Waals surface area contributed by atoms with Crippen LogP contribution in [0.15, 0.2) is 30.3 Å². The number of rotatable bonds is 6. The zero-order chi connectivity index (χ0) is 29.3. The summed E-state index contributed by atoms with van der Waals surface area (Å²) >= 11 is 0. The molecule has 3 atom stereocenters. The van der Waals surface area contributed by atoms with Crippen LogP contribution in [0, 0.1) is 11.3 Å². The maximum absolute atomic E-state index is 14.2. The van der Waals surface area contributed by atoms with E-state index in [1.807, 2.05) is 51.1 Å². The normalized spacial score (nSPS) is 24.6. The number of para-hydroxylation sites is 1. The summed E-state index contributed by atoms with van der Waals surface area (Å²) in [5.41, 5.74) is -1.76. The maximum atomic E-state index is 14.2. The second-order valence-electron chi connectivity index (χ2n) is 13.8. The number of benzene rings is 1. The first-order valence-corrected chi connectivity index (χ1v) is 14.6. The Morgan fingerprint density at radius 3 is 2.27 bits per heavy atom. The van der Waals surface area contributed by atoms with Gasteiger partial charge in [-0.3, -0.25) is 14.5 Å². The van der Waals surface area contributed by atoms with E-state index < -0.39 is 40.8 Å². The van der Waals surface area contributed by atoms with Gasteiger partial charge in [0.2, 0.25) is 11.8 Å². The minimum atomic E-state index is -1.07. The molecule has 1 aromatic rings. The van der Waals surface area contributed by atoms with Crippen LogP contribution in [-0.2, 0) is 23.9 Å². The molecule has 2 saturated heterocycles. The van der Waals surface area contributed by atoms with Crippen molar-refractivity contribution in [3.63, 3.8) is 0 Å². The number of anilines is 1. The fourth-order valence-corrected chi connectivity index (χ4v) is 6.07. The van der Waals surface area contributed by atoms with Gasteiger partial charge >= 0.3 is 12.1 Å². The monoisotopic (exact) mass is 555 g/mol. The fraction of sp³-hybridized carbons (Fsp3) is 0.677. The number of amides is 3.